The molecule has 27 heavy (non-hydrogen) atoms. The lowest BCUT2D eigenvalue weighted by Gasteiger charge is -2.19. The smallest absolute Gasteiger partial charge is 0.218 e. The van der Waals surface area contributed by atoms with Crippen LogP contribution < -0.4 is 10.6 Å². The van der Waals surface area contributed by atoms with Crippen LogP contribution in [0.4, 0.5) is 0 Å². The highest BCUT2D eigenvalue weighted by atomic mass is 35.5. The zero-order valence-electron chi connectivity index (χ0n) is 14.8. The van der Waals surface area contributed by atoms with E-state index >= 15 is 0 Å². The van der Waals surface area contributed by atoms with E-state index in [0.717, 1.165) is 32.6 Å². The SMILES string of the molecule is N#CCC1=NC(NC2CCCC2)=NCC1=C1NC(c2ccc(Cl)cc2)=CS1. The van der Waals surface area contributed by atoms with Crippen LogP contribution >= 0.6 is 23.4 Å². The van der Waals surface area contributed by atoms with Gasteiger partial charge in [-0.05, 0) is 30.5 Å². The Balaban J connectivity index is 1.51. The molecule has 0 unspecified atom stereocenters. The van der Waals surface area contributed by atoms with Crippen molar-refractivity contribution >= 4 is 40.7 Å². The summed E-state index contributed by atoms with van der Waals surface area (Å²) in [4.78, 5) is 9.27. The standard InChI is InChI=1S/C20H20ClN5S/c21-14-7-5-13(6-8-14)18-12-27-19(25-18)16-11-23-20(26-17(16)9-10-22)24-15-3-1-2-4-15/h5-8,12,15,25H,1-4,9,11H2,(H,23,24). The zero-order chi connectivity index (χ0) is 18.6. The molecule has 3 aliphatic rings. The van der Waals surface area contributed by atoms with Crippen LogP contribution in [0.1, 0.15) is 37.7 Å². The van der Waals surface area contributed by atoms with E-state index in [0.29, 0.717) is 18.5 Å². The van der Waals surface area contributed by atoms with E-state index < -0.39 is 0 Å². The number of benzene rings is 1. The Labute approximate surface area is 168 Å². The van der Waals surface area contributed by atoms with Gasteiger partial charge >= 0.3 is 0 Å². The quantitative estimate of drug-likeness (QED) is 0.790. The first-order chi connectivity index (χ1) is 13.2. The largest absolute Gasteiger partial charge is 0.352 e. The molecule has 2 heterocycles. The van der Waals surface area contributed by atoms with Crippen LogP contribution in [-0.4, -0.2) is 24.3 Å². The highest BCUT2D eigenvalue weighted by Gasteiger charge is 2.24. The topological polar surface area (TPSA) is 72.6 Å². The molecule has 1 aliphatic carbocycles. The molecule has 0 aromatic heterocycles. The normalized spacial score (nSPS) is 22.6. The van der Waals surface area contributed by atoms with Crippen LogP contribution in [0.15, 0.2) is 50.3 Å². The lowest BCUT2D eigenvalue weighted by molar-refractivity contribution is 0.625. The van der Waals surface area contributed by atoms with E-state index in [-0.39, 0.29) is 6.42 Å². The average molecular weight is 398 g/mol. The van der Waals surface area contributed by atoms with Gasteiger partial charge in [-0.2, -0.15) is 5.26 Å². The van der Waals surface area contributed by atoms with E-state index in [2.05, 4.69) is 32.1 Å². The molecule has 2 aliphatic heterocycles. The molecule has 138 valence electrons. The minimum absolute atomic E-state index is 0.280. The fraction of sp³-hybridized carbons (Fsp3) is 0.350. The second-order valence-electron chi connectivity index (χ2n) is 6.75. The Morgan fingerprint density at radius 2 is 2.04 bits per heavy atom. The number of nitriles is 1. The number of hydrogen-bond donors (Lipinski definition) is 2. The van der Waals surface area contributed by atoms with Gasteiger partial charge in [-0.1, -0.05) is 48.3 Å². The molecular weight excluding hydrogens is 378 g/mol. The van der Waals surface area contributed by atoms with Gasteiger partial charge in [-0.3, -0.25) is 0 Å². The van der Waals surface area contributed by atoms with Gasteiger partial charge in [0.25, 0.3) is 0 Å². The third kappa shape index (κ3) is 4.20. The number of nitrogens with one attached hydrogen (secondary N) is 2. The summed E-state index contributed by atoms with van der Waals surface area (Å²) in [5.74, 6) is 0.672. The molecule has 0 bridgehead atoms. The lowest BCUT2D eigenvalue weighted by Crippen LogP contribution is -2.34. The van der Waals surface area contributed by atoms with Crippen LogP contribution in [-0.2, 0) is 0 Å². The van der Waals surface area contributed by atoms with Gasteiger partial charge in [0, 0.05) is 22.0 Å². The summed E-state index contributed by atoms with van der Waals surface area (Å²) in [6.07, 6.45) is 5.13. The lowest BCUT2D eigenvalue weighted by atomic mass is 10.1. The van der Waals surface area contributed by atoms with E-state index in [9.17, 15) is 5.26 Å². The minimum atomic E-state index is 0.280. The van der Waals surface area contributed by atoms with Crippen molar-refractivity contribution < 1.29 is 0 Å². The minimum Gasteiger partial charge on any atom is -0.352 e. The van der Waals surface area contributed by atoms with Gasteiger partial charge in [0.2, 0.25) is 5.96 Å². The Hall–Kier alpha value is -2.23. The summed E-state index contributed by atoms with van der Waals surface area (Å²) in [7, 11) is 0. The number of halogens is 1. The number of rotatable bonds is 3. The summed E-state index contributed by atoms with van der Waals surface area (Å²) in [6, 6.07) is 10.4. The number of thioether (sulfide) groups is 1. The maximum atomic E-state index is 9.24. The summed E-state index contributed by atoms with van der Waals surface area (Å²) in [5.41, 5.74) is 3.89. The predicted molar refractivity (Wildman–Crippen MR) is 113 cm³/mol. The second kappa shape index (κ2) is 8.20. The molecule has 0 atom stereocenters. The second-order valence-corrected chi connectivity index (χ2v) is 8.06. The van der Waals surface area contributed by atoms with Gasteiger partial charge in [0.1, 0.15) is 0 Å². The summed E-state index contributed by atoms with van der Waals surface area (Å²) >= 11 is 7.59. The van der Waals surface area contributed by atoms with Gasteiger partial charge < -0.3 is 10.6 Å². The molecule has 0 amide bonds. The molecule has 5 nitrogen and oxygen atoms in total. The van der Waals surface area contributed by atoms with Crippen molar-refractivity contribution in [2.75, 3.05) is 6.54 Å². The number of nitrogens with zero attached hydrogens (tertiary/aromatic N) is 3. The van der Waals surface area contributed by atoms with Crippen LogP contribution in [0, 0.1) is 11.3 Å². The maximum absolute atomic E-state index is 9.24. The van der Waals surface area contributed by atoms with Crippen molar-refractivity contribution in [1.29, 1.82) is 5.26 Å². The Bertz CT molecular complexity index is 886. The van der Waals surface area contributed by atoms with E-state index in [1.807, 2.05) is 24.3 Å². The van der Waals surface area contributed by atoms with E-state index in [1.165, 1.54) is 25.7 Å². The molecule has 2 N–H and O–H groups in total. The van der Waals surface area contributed by atoms with Gasteiger partial charge in [0.05, 0.1) is 35.5 Å². The van der Waals surface area contributed by atoms with Crippen molar-refractivity contribution in [2.45, 2.75) is 38.1 Å². The zero-order valence-corrected chi connectivity index (χ0v) is 16.4. The van der Waals surface area contributed by atoms with Crippen LogP contribution in [0.5, 0.6) is 0 Å². The monoisotopic (exact) mass is 397 g/mol. The van der Waals surface area contributed by atoms with Gasteiger partial charge in [0.15, 0.2) is 0 Å². The third-order valence-corrected chi connectivity index (χ3v) is 6.07. The summed E-state index contributed by atoms with van der Waals surface area (Å²) in [6.45, 7) is 0.534. The number of hydrogen-bond acceptors (Lipinski definition) is 6. The Morgan fingerprint density at radius 1 is 1.26 bits per heavy atom. The van der Waals surface area contributed by atoms with E-state index in [1.54, 1.807) is 11.8 Å². The van der Waals surface area contributed by atoms with Crippen LogP contribution in [0.2, 0.25) is 5.02 Å². The third-order valence-electron chi connectivity index (χ3n) is 4.88. The van der Waals surface area contributed by atoms with Crippen molar-refractivity contribution in [1.82, 2.24) is 10.6 Å². The Morgan fingerprint density at radius 3 is 2.78 bits per heavy atom. The van der Waals surface area contributed by atoms with Crippen molar-refractivity contribution in [3.63, 3.8) is 0 Å². The highest BCUT2D eigenvalue weighted by Crippen LogP contribution is 2.34. The first-order valence-corrected chi connectivity index (χ1v) is 10.4. The van der Waals surface area contributed by atoms with Crippen molar-refractivity contribution in [3.8, 4) is 6.07 Å². The van der Waals surface area contributed by atoms with Crippen molar-refractivity contribution in [3.05, 3.63) is 50.9 Å². The highest BCUT2D eigenvalue weighted by molar-refractivity contribution is 8.06. The molecule has 4 rings (SSSR count). The fourth-order valence-corrected chi connectivity index (χ4v) is 4.50. The molecule has 1 aromatic carbocycles. The average Bonchev–Trinajstić information content (AvgIpc) is 3.35. The van der Waals surface area contributed by atoms with Gasteiger partial charge in [-0.15, -0.1) is 0 Å². The van der Waals surface area contributed by atoms with Crippen LogP contribution in [0.25, 0.3) is 5.70 Å². The summed E-state index contributed by atoms with van der Waals surface area (Å²) < 4.78 is 0. The molecule has 0 saturated heterocycles. The maximum Gasteiger partial charge on any atom is 0.218 e. The first-order valence-electron chi connectivity index (χ1n) is 9.12. The molecule has 1 saturated carbocycles. The summed E-state index contributed by atoms with van der Waals surface area (Å²) in [5, 5.41) is 19.9. The predicted octanol–water partition coefficient (Wildman–Crippen LogP) is 4.44. The van der Waals surface area contributed by atoms with Gasteiger partial charge in [-0.25, -0.2) is 9.98 Å². The molecule has 0 radical (unpaired) electrons. The Kier molecular flexibility index (Phi) is 5.51. The van der Waals surface area contributed by atoms with E-state index in [4.69, 9.17) is 11.6 Å². The molecule has 1 aromatic rings. The molecular formula is C20H20ClN5S. The van der Waals surface area contributed by atoms with Crippen LogP contribution in [0.3, 0.4) is 0 Å². The fourth-order valence-electron chi connectivity index (χ4n) is 3.45. The van der Waals surface area contributed by atoms with Crippen molar-refractivity contribution in [2.24, 2.45) is 9.98 Å². The molecule has 0 spiro atoms. The number of aliphatic imine (C=N–C) groups is 2. The first kappa shape index (κ1) is 18.1. The molecule has 1 fully saturated rings. The molecule has 7 heteroatoms. The number of guanidine groups is 1.